The average molecular weight is 1520 g/mol. The van der Waals surface area contributed by atoms with Crippen LogP contribution in [0.4, 0.5) is 0 Å². The van der Waals surface area contributed by atoms with Crippen LogP contribution in [0, 0.1) is 0 Å². The van der Waals surface area contributed by atoms with E-state index in [0.717, 1.165) is 148 Å². The summed E-state index contributed by atoms with van der Waals surface area (Å²) >= 11 is 0. The number of hydrogen-bond acceptors (Lipinski definition) is 14. The van der Waals surface area contributed by atoms with Crippen LogP contribution in [-0.2, 0) is 55.8 Å². The molecule has 606 valence electrons. The van der Waals surface area contributed by atoms with Crippen LogP contribution in [0.25, 0.3) is 0 Å². The number of esters is 3. The molecule has 0 aromatic rings. The minimum absolute atomic E-state index is 0.0925. The van der Waals surface area contributed by atoms with Gasteiger partial charge >= 0.3 is 33.6 Å². The smallest absolute Gasteiger partial charge is 0.463 e. The Morgan fingerprint density at radius 1 is 0.276 bits per heavy atom. The Hall–Kier alpha value is -4.05. The van der Waals surface area contributed by atoms with Gasteiger partial charge < -0.3 is 34.2 Å². The van der Waals surface area contributed by atoms with Crippen molar-refractivity contribution in [1.29, 1.82) is 0 Å². The van der Waals surface area contributed by atoms with Gasteiger partial charge in [0.05, 0.1) is 26.4 Å². The Balaban J connectivity index is 4.53. The molecule has 0 aliphatic heterocycles. The van der Waals surface area contributed by atoms with Gasteiger partial charge in [-0.3, -0.25) is 32.5 Å². The molecule has 16 nitrogen and oxygen atoms in total. The topological polar surface area (TPSA) is 231 Å². The first-order valence-electron chi connectivity index (χ1n) is 41.8. The number of unbranched alkanes of at least 4 members (excludes halogenated alkanes) is 36. The molecule has 5 unspecified atom stereocenters. The molecule has 0 aliphatic rings. The molecule has 5 atom stereocenters. The Kier molecular flexibility index (Phi) is 76.4. The molecule has 4 N–H and O–H groups in total. The second-order valence-corrected chi connectivity index (χ2v) is 30.8. The summed E-state index contributed by atoms with van der Waals surface area (Å²) < 4.78 is 61.2. The summed E-state index contributed by atoms with van der Waals surface area (Å²) in [6.07, 6.45) is 95.3. The van der Waals surface area contributed by atoms with Crippen molar-refractivity contribution in [3.8, 4) is 0 Å². The van der Waals surface area contributed by atoms with Gasteiger partial charge in [-0.1, -0.05) is 322 Å². The summed E-state index contributed by atoms with van der Waals surface area (Å²) in [4.78, 5) is 58.7. The van der Waals surface area contributed by atoms with E-state index in [9.17, 15) is 43.5 Å². The molecule has 0 saturated heterocycles. The van der Waals surface area contributed by atoms with Gasteiger partial charge in [0.1, 0.15) is 25.4 Å². The van der Waals surface area contributed by atoms with E-state index in [-0.39, 0.29) is 19.3 Å². The van der Waals surface area contributed by atoms with Gasteiger partial charge in [0.25, 0.3) is 0 Å². The van der Waals surface area contributed by atoms with Gasteiger partial charge in [-0.15, -0.1) is 0 Å². The van der Waals surface area contributed by atoms with E-state index in [4.69, 9.17) is 32.3 Å². The number of carbonyl (C=O) groups is 3. The number of phosphoric ester groups is 2. The van der Waals surface area contributed by atoms with E-state index in [2.05, 4.69) is 142 Å². The third-order valence-electron chi connectivity index (χ3n) is 17.6. The van der Waals surface area contributed by atoms with Gasteiger partial charge in [0, 0.05) is 19.3 Å². The Labute approximate surface area is 640 Å². The second-order valence-electron chi connectivity index (χ2n) is 27.9. The number of ether oxygens (including phenoxy) is 3. The number of phosphoric acid groups is 2. The van der Waals surface area contributed by atoms with Crippen LogP contribution < -0.4 is 0 Å². The summed E-state index contributed by atoms with van der Waals surface area (Å²) in [5.41, 5.74) is 0. The van der Waals surface area contributed by atoms with Crippen LogP contribution >= 0.6 is 15.6 Å². The van der Waals surface area contributed by atoms with Crippen LogP contribution in [0.1, 0.15) is 355 Å². The normalized spacial score (nSPS) is 14.5. The van der Waals surface area contributed by atoms with Crippen molar-refractivity contribution in [2.24, 2.45) is 0 Å². The highest BCUT2D eigenvalue weighted by Gasteiger charge is 2.29. The first-order valence-corrected chi connectivity index (χ1v) is 44.8. The maximum atomic E-state index is 13.0. The zero-order chi connectivity index (χ0) is 76.6. The number of hydrogen-bond donors (Lipinski definition) is 4. The number of carbonyl (C=O) groups excluding carboxylic acids is 3. The largest absolute Gasteiger partial charge is 0.472 e. The molecule has 0 aromatic carbocycles. The Morgan fingerprint density at radius 3 is 0.829 bits per heavy atom. The maximum absolute atomic E-state index is 13.0. The molecule has 0 amide bonds. The summed E-state index contributed by atoms with van der Waals surface area (Å²) in [5.74, 6) is -1.58. The molecule has 0 fully saturated rings. The molecule has 0 spiro atoms. The van der Waals surface area contributed by atoms with Gasteiger partial charge in [0.15, 0.2) is 6.10 Å². The predicted molar refractivity (Wildman–Crippen MR) is 436 cm³/mol. The van der Waals surface area contributed by atoms with Crippen molar-refractivity contribution >= 4 is 33.6 Å². The zero-order valence-corrected chi connectivity index (χ0v) is 68.2. The monoisotopic (exact) mass is 1520 g/mol. The molecule has 0 aromatic heterocycles. The molecule has 0 rings (SSSR count). The van der Waals surface area contributed by atoms with Crippen LogP contribution in [0.15, 0.2) is 122 Å². The van der Waals surface area contributed by atoms with Gasteiger partial charge in [-0.2, -0.15) is 0 Å². The minimum atomic E-state index is -4.94. The number of aliphatic hydroxyl groups excluding tert-OH is 2. The lowest BCUT2D eigenvalue weighted by Crippen LogP contribution is -2.30. The van der Waals surface area contributed by atoms with Crippen LogP contribution in [0.5, 0.6) is 0 Å². The Morgan fingerprint density at radius 2 is 0.505 bits per heavy atom. The molecule has 0 saturated carbocycles. The minimum Gasteiger partial charge on any atom is -0.463 e. The van der Waals surface area contributed by atoms with Crippen molar-refractivity contribution < 1.29 is 75.8 Å². The van der Waals surface area contributed by atoms with Crippen LogP contribution in [0.2, 0.25) is 0 Å². The first kappa shape index (κ1) is 101. The molecule has 0 bridgehead atoms. The quantitative estimate of drug-likeness (QED) is 0.0146. The summed E-state index contributed by atoms with van der Waals surface area (Å²) in [7, 11) is -9.80. The van der Waals surface area contributed by atoms with E-state index >= 15 is 0 Å². The van der Waals surface area contributed by atoms with E-state index in [1.807, 2.05) is 0 Å². The standard InChI is InChI=1S/C87H152O16P2/c1-4-7-10-13-16-19-22-25-28-30-32-34-36-38-39-40-41-43-45-46-48-50-53-55-58-61-64-67-70-73-85(90)97-76-82(88)77-99-104(93,94)100-78-83(89)79-101-105(95,96)102-81-84(103-87(92)75-72-69-66-63-60-57-52-27-24-21-18-15-12-9-6-3)80-98-86(91)74-71-68-65-62-59-56-54-51-49-47-44-42-37-35-33-31-29-26-23-20-17-14-11-8-5-2/h8,11,16-17,19-20,25-29,32-35,38-39,42,44,52,82-84,88-89H,4-7,9-10,12-15,18,21-24,30-31,36-37,40-41,43,45-51,53-81H2,1-3H3,(H,93,94)(H,95,96)/b11-8-,19-16-,20-17-,28-25-,29-26-,34-32-,35-33-,39-38-,44-42-,52-27-. The fourth-order valence-corrected chi connectivity index (χ4v) is 12.9. The molecule has 105 heavy (non-hydrogen) atoms. The lowest BCUT2D eigenvalue weighted by Gasteiger charge is -2.21. The lowest BCUT2D eigenvalue weighted by molar-refractivity contribution is -0.161. The van der Waals surface area contributed by atoms with Crippen LogP contribution in [0.3, 0.4) is 0 Å². The number of allylic oxidation sites excluding steroid dienone is 20. The van der Waals surface area contributed by atoms with Crippen molar-refractivity contribution in [1.82, 2.24) is 0 Å². The fraction of sp³-hybridized carbons (Fsp3) is 0.736. The van der Waals surface area contributed by atoms with E-state index in [0.29, 0.717) is 19.3 Å². The van der Waals surface area contributed by atoms with Crippen molar-refractivity contribution in [3.05, 3.63) is 122 Å². The zero-order valence-electron chi connectivity index (χ0n) is 66.4. The van der Waals surface area contributed by atoms with E-state index in [1.165, 1.54) is 148 Å². The van der Waals surface area contributed by atoms with Crippen molar-refractivity contribution in [2.75, 3.05) is 39.6 Å². The van der Waals surface area contributed by atoms with Gasteiger partial charge in [-0.25, -0.2) is 9.13 Å². The summed E-state index contributed by atoms with van der Waals surface area (Å²) in [6, 6.07) is 0. The summed E-state index contributed by atoms with van der Waals surface area (Å²) in [5, 5.41) is 20.7. The molecule has 0 aliphatic carbocycles. The molecule has 0 heterocycles. The third kappa shape index (κ3) is 80.8. The van der Waals surface area contributed by atoms with Crippen molar-refractivity contribution in [2.45, 2.75) is 373 Å². The fourth-order valence-electron chi connectivity index (χ4n) is 11.3. The predicted octanol–water partition coefficient (Wildman–Crippen LogP) is 24.9. The lowest BCUT2D eigenvalue weighted by atomic mass is 10.0. The molecule has 18 heteroatoms. The molecule has 0 radical (unpaired) electrons. The highest BCUT2D eigenvalue weighted by Crippen LogP contribution is 2.45. The van der Waals surface area contributed by atoms with Gasteiger partial charge in [-0.05, 0) is 135 Å². The van der Waals surface area contributed by atoms with E-state index < -0.39 is 91.5 Å². The first-order chi connectivity index (χ1) is 51.2. The third-order valence-corrected chi connectivity index (χ3v) is 19.5. The highest BCUT2D eigenvalue weighted by atomic mass is 31.2. The molecular weight excluding hydrogens is 1360 g/mol. The maximum Gasteiger partial charge on any atom is 0.472 e. The average Bonchev–Trinajstić information content (AvgIpc) is 1.01. The highest BCUT2D eigenvalue weighted by molar-refractivity contribution is 7.47. The van der Waals surface area contributed by atoms with Gasteiger partial charge in [0.2, 0.25) is 0 Å². The number of aliphatic hydroxyl groups is 2. The SMILES string of the molecule is CC/C=C\C/C=C\C/C=C\C/C=C\C/C=C\CCCCCCCCCCCC(=O)OCC(COP(=O)(O)OCC(O)COP(=O)(O)OCC(O)COC(=O)CCCCCCCCCCCCCCC/C=C\C/C=C\C/C=C\C/C=C\CCCCC)OC(=O)CCCCCCC/C=C\CCCCCCCC. The van der Waals surface area contributed by atoms with Crippen molar-refractivity contribution in [3.63, 3.8) is 0 Å². The number of rotatable bonds is 79. The Bertz CT molecular complexity index is 2390. The van der Waals surface area contributed by atoms with E-state index in [1.54, 1.807) is 0 Å². The van der Waals surface area contributed by atoms with Crippen LogP contribution in [-0.4, -0.2) is 95.9 Å². The molecular formula is C87H152O16P2. The summed E-state index contributed by atoms with van der Waals surface area (Å²) in [6.45, 7) is 2.55. The second kappa shape index (κ2) is 79.5.